The number of aromatic nitrogens is 2. The van der Waals surface area contributed by atoms with Crippen LogP contribution in [0.25, 0.3) is 17.1 Å². The molecule has 3 heterocycles. The van der Waals surface area contributed by atoms with Crippen molar-refractivity contribution in [2.75, 3.05) is 0 Å². The zero-order chi connectivity index (χ0) is 11.8. The number of fused-ring (bicyclic) bond motifs is 1. The summed E-state index contributed by atoms with van der Waals surface area (Å²) in [7, 11) is 0. The second-order valence-corrected chi connectivity index (χ2v) is 4.02. The number of pyridine rings is 1. The van der Waals surface area contributed by atoms with Crippen molar-refractivity contribution in [3.8, 4) is 0 Å². The monoisotopic (exact) mass is 244 g/mol. The van der Waals surface area contributed by atoms with Crippen LogP contribution in [-0.2, 0) is 4.79 Å². The van der Waals surface area contributed by atoms with Gasteiger partial charge >= 0.3 is 0 Å². The van der Waals surface area contributed by atoms with Gasteiger partial charge in [-0.05, 0) is 30.4 Å². The van der Waals surface area contributed by atoms with Crippen molar-refractivity contribution in [2.45, 2.75) is 0 Å². The van der Waals surface area contributed by atoms with E-state index < -0.39 is 0 Å². The van der Waals surface area contributed by atoms with Crippen LogP contribution < -0.4 is 10.6 Å². The molecule has 1 aliphatic heterocycles. The summed E-state index contributed by atoms with van der Waals surface area (Å²) in [6.07, 6.45) is 5.27. The first-order valence-electron chi connectivity index (χ1n) is 5.00. The SMILES string of the molecule is O=C1NC(=S)NC1=Cc1c[nH]c2ncccc12. The van der Waals surface area contributed by atoms with Crippen molar-refractivity contribution < 1.29 is 4.79 Å². The first-order chi connectivity index (χ1) is 8.24. The van der Waals surface area contributed by atoms with Gasteiger partial charge in [0, 0.05) is 23.3 Å². The number of H-pyrrole nitrogens is 1. The smallest absolute Gasteiger partial charge is 0.273 e. The minimum absolute atomic E-state index is 0.215. The Morgan fingerprint density at radius 1 is 1.35 bits per heavy atom. The van der Waals surface area contributed by atoms with Crippen molar-refractivity contribution in [3.05, 3.63) is 35.8 Å². The van der Waals surface area contributed by atoms with Crippen LogP contribution in [-0.4, -0.2) is 21.0 Å². The molecule has 2 aromatic rings. The van der Waals surface area contributed by atoms with Crippen LogP contribution >= 0.6 is 12.2 Å². The molecule has 3 N–H and O–H groups in total. The van der Waals surface area contributed by atoms with E-state index in [9.17, 15) is 4.79 Å². The molecule has 1 aliphatic rings. The topological polar surface area (TPSA) is 69.8 Å². The molecule has 0 spiro atoms. The average molecular weight is 244 g/mol. The molecule has 2 aromatic heterocycles. The normalized spacial score (nSPS) is 17.5. The standard InChI is InChI=1S/C11H8N4OS/c16-10-8(14-11(17)15-10)4-6-5-13-9-7(6)2-1-3-12-9/h1-5H,(H,12,13)(H2,14,15,16,17). The number of nitrogens with zero attached hydrogens (tertiary/aromatic N) is 1. The lowest BCUT2D eigenvalue weighted by molar-refractivity contribution is -0.115. The Bertz CT molecular complexity index is 658. The van der Waals surface area contributed by atoms with Gasteiger partial charge in [-0.3, -0.25) is 10.1 Å². The molecule has 3 rings (SSSR count). The zero-order valence-electron chi connectivity index (χ0n) is 8.65. The van der Waals surface area contributed by atoms with Crippen LogP contribution in [0.15, 0.2) is 30.2 Å². The minimum atomic E-state index is -0.215. The van der Waals surface area contributed by atoms with E-state index in [2.05, 4.69) is 20.6 Å². The van der Waals surface area contributed by atoms with Gasteiger partial charge in [0.2, 0.25) is 0 Å². The third-order valence-corrected chi connectivity index (χ3v) is 2.71. The molecule has 0 aliphatic carbocycles. The number of carbonyl (C=O) groups excluding carboxylic acids is 1. The van der Waals surface area contributed by atoms with E-state index in [0.29, 0.717) is 10.8 Å². The Balaban J connectivity index is 2.08. The first kappa shape index (κ1) is 9.98. The number of nitrogens with one attached hydrogen (secondary N) is 3. The molecule has 17 heavy (non-hydrogen) atoms. The van der Waals surface area contributed by atoms with Gasteiger partial charge in [0.25, 0.3) is 5.91 Å². The minimum Gasteiger partial charge on any atom is -0.346 e. The van der Waals surface area contributed by atoms with E-state index in [1.807, 2.05) is 12.1 Å². The molecule has 1 fully saturated rings. The molecule has 1 amide bonds. The summed E-state index contributed by atoms with van der Waals surface area (Å²) in [5, 5.41) is 6.62. The Hall–Kier alpha value is -2.21. The summed E-state index contributed by atoms with van der Waals surface area (Å²) in [5.74, 6) is -0.215. The molecule has 5 nitrogen and oxygen atoms in total. The highest BCUT2D eigenvalue weighted by molar-refractivity contribution is 7.80. The lowest BCUT2D eigenvalue weighted by Gasteiger charge is -1.94. The molecule has 6 heteroatoms. The van der Waals surface area contributed by atoms with Gasteiger partial charge in [-0.25, -0.2) is 4.98 Å². The van der Waals surface area contributed by atoms with Gasteiger partial charge in [-0.1, -0.05) is 0 Å². The van der Waals surface area contributed by atoms with Crippen LogP contribution in [0.5, 0.6) is 0 Å². The van der Waals surface area contributed by atoms with Gasteiger partial charge < -0.3 is 10.3 Å². The molecule has 0 aromatic carbocycles. The highest BCUT2D eigenvalue weighted by Crippen LogP contribution is 2.18. The van der Waals surface area contributed by atoms with E-state index in [1.165, 1.54) is 0 Å². The maximum absolute atomic E-state index is 11.5. The summed E-state index contributed by atoms with van der Waals surface area (Å²) in [5.41, 5.74) is 2.13. The predicted octanol–water partition coefficient (Wildman–Crippen LogP) is 0.908. The van der Waals surface area contributed by atoms with Crippen molar-refractivity contribution in [2.24, 2.45) is 0 Å². The van der Waals surface area contributed by atoms with Crippen molar-refractivity contribution in [1.29, 1.82) is 0 Å². The molecule has 0 atom stereocenters. The van der Waals surface area contributed by atoms with Gasteiger partial charge in [0.05, 0.1) is 0 Å². The van der Waals surface area contributed by atoms with Crippen LogP contribution in [0, 0.1) is 0 Å². The van der Waals surface area contributed by atoms with E-state index in [-0.39, 0.29) is 5.91 Å². The number of thiocarbonyl (C=S) groups is 1. The van der Waals surface area contributed by atoms with Crippen molar-refractivity contribution >= 4 is 40.3 Å². The number of carbonyl (C=O) groups is 1. The van der Waals surface area contributed by atoms with Crippen LogP contribution in [0.1, 0.15) is 5.56 Å². The lowest BCUT2D eigenvalue weighted by atomic mass is 10.2. The second-order valence-electron chi connectivity index (χ2n) is 3.61. The molecule has 0 radical (unpaired) electrons. The summed E-state index contributed by atoms with van der Waals surface area (Å²) in [4.78, 5) is 18.7. The van der Waals surface area contributed by atoms with E-state index in [0.717, 1.165) is 16.6 Å². The Morgan fingerprint density at radius 3 is 3.00 bits per heavy atom. The Labute approximate surface area is 102 Å². The molecular weight excluding hydrogens is 236 g/mol. The molecule has 0 bridgehead atoms. The van der Waals surface area contributed by atoms with Gasteiger partial charge in [0.15, 0.2) is 5.11 Å². The van der Waals surface area contributed by atoms with E-state index in [4.69, 9.17) is 12.2 Å². The Morgan fingerprint density at radius 2 is 2.24 bits per heavy atom. The number of amides is 1. The molecular formula is C11H8N4OS. The third kappa shape index (κ3) is 1.68. The number of hydrogen-bond donors (Lipinski definition) is 3. The summed E-state index contributed by atoms with van der Waals surface area (Å²) < 4.78 is 0. The van der Waals surface area contributed by atoms with Crippen molar-refractivity contribution in [1.82, 2.24) is 20.6 Å². The molecule has 84 valence electrons. The number of rotatable bonds is 1. The van der Waals surface area contributed by atoms with E-state index in [1.54, 1.807) is 18.5 Å². The Kier molecular flexibility index (Phi) is 2.15. The second kappa shape index (κ2) is 3.67. The number of hydrogen-bond acceptors (Lipinski definition) is 3. The quantitative estimate of drug-likeness (QED) is 0.515. The molecule has 0 saturated carbocycles. The lowest BCUT2D eigenvalue weighted by Crippen LogP contribution is -2.21. The van der Waals surface area contributed by atoms with Gasteiger partial charge in [-0.15, -0.1) is 0 Å². The maximum atomic E-state index is 11.5. The summed E-state index contributed by atoms with van der Waals surface area (Å²) in [6, 6.07) is 3.79. The molecule has 1 saturated heterocycles. The number of aromatic amines is 1. The molecule has 0 unspecified atom stereocenters. The summed E-state index contributed by atoms with van der Waals surface area (Å²) >= 11 is 4.86. The highest BCUT2D eigenvalue weighted by atomic mass is 32.1. The third-order valence-electron chi connectivity index (χ3n) is 2.50. The van der Waals surface area contributed by atoms with Gasteiger partial charge in [-0.2, -0.15) is 0 Å². The largest absolute Gasteiger partial charge is 0.346 e. The summed E-state index contributed by atoms with van der Waals surface area (Å²) in [6.45, 7) is 0. The highest BCUT2D eigenvalue weighted by Gasteiger charge is 2.20. The van der Waals surface area contributed by atoms with Crippen LogP contribution in [0.3, 0.4) is 0 Å². The van der Waals surface area contributed by atoms with Crippen LogP contribution in [0.2, 0.25) is 0 Å². The van der Waals surface area contributed by atoms with Crippen LogP contribution in [0.4, 0.5) is 0 Å². The fourth-order valence-electron chi connectivity index (χ4n) is 1.73. The van der Waals surface area contributed by atoms with E-state index >= 15 is 0 Å². The first-order valence-corrected chi connectivity index (χ1v) is 5.41. The maximum Gasteiger partial charge on any atom is 0.273 e. The fourth-order valence-corrected chi connectivity index (χ4v) is 1.94. The van der Waals surface area contributed by atoms with Gasteiger partial charge in [0.1, 0.15) is 11.3 Å². The predicted molar refractivity (Wildman–Crippen MR) is 67.9 cm³/mol. The van der Waals surface area contributed by atoms with Crippen molar-refractivity contribution in [3.63, 3.8) is 0 Å². The fraction of sp³-hybridized carbons (Fsp3) is 0. The zero-order valence-corrected chi connectivity index (χ0v) is 9.47. The average Bonchev–Trinajstić information content (AvgIpc) is 2.85.